The summed E-state index contributed by atoms with van der Waals surface area (Å²) in [7, 11) is 2.96. The average molecular weight is 622 g/mol. The number of rotatable bonds is 10. The molecule has 8 nitrogen and oxygen atoms in total. The van der Waals surface area contributed by atoms with Crippen molar-refractivity contribution in [1.29, 1.82) is 0 Å². The van der Waals surface area contributed by atoms with E-state index in [1.165, 1.54) is 18.9 Å². The second kappa shape index (κ2) is 12.4. The van der Waals surface area contributed by atoms with E-state index in [-0.39, 0.29) is 0 Å². The fraction of sp³-hybridized carbons (Fsp3) is 0.370. The number of esters is 1. The van der Waals surface area contributed by atoms with Crippen LogP contribution in [0.4, 0.5) is 5.95 Å². The van der Waals surface area contributed by atoms with Gasteiger partial charge in [0.1, 0.15) is 6.04 Å². The van der Waals surface area contributed by atoms with Gasteiger partial charge in [-0.2, -0.15) is 4.98 Å². The topological polar surface area (TPSA) is 87.5 Å². The van der Waals surface area contributed by atoms with Gasteiger partial charge >= 0.3 is 5.97 Å². The first kappa shape index (κ1) is 28.3. The first-order valence-electron chi connectivity index (χ1n) is 12.1. The molecule has 1 N–H and O–H groups in total. The Morgan fingerprint density at radius 3 is 2.71 bits per heavy atom. The molecule has 0 radical (unpaired) electrons. The van der Waals surface area contributed by atoms with Gasteiger partial charge < -0.3 is 19.5 Å². The lowest BCUT2D eigenvalue weighted by Crippen LogP contribution is -2.29. The van der Waals surface area contributed by atoms with E-state index < -0.39 is 12.0 Å². The van der Waals surface area contributed by atoms with Crippen molar-refractivity contribution in [2.75, 3.05) is 26.1 Å². The van der Waals surface area contributed by atoms with Gasteiger partial charge in [-0.05, 0) is 64.5 Å². The maximum atomic E-state index is 13.0. The van der Waals surface area contributed by atoms with E-state index in [0.29, 0.717) is 61.6 Å². The van der Waals surface area contributed by atoms with Crippen LogP contribution in [0.3, 0.4) is 0 Å². The summed E-state index contributed by atoms with van der Waals surface area (Å²) in [5.74, 6) is 2.34. The molecule has 0 saturated heterocycles. The summed E-state index contributed by atoms with van der Waals surface area (Å²) in [6.07, 6.45) is 0.914. The summed E-state index contributed by atoms with van der Waals surface area (Å²) in [5, 5.41) is 9.22. The molecule has 202 valence electrons. The van der Waals surface area contributed by atoms with Gasteiger partial charge in [-0.25, -0.2) is 9.48 Å². The Balaban J connectivity index is 1.72. The molecule has 0 fully saturated rings. The van der Waals surface area contributed by atoms with Gasteiger partial charge in [0.05, 0.1) is 30.9 Å². The second-order valence-corrected chi connectivity index (χ2v) is 11.4. The Morgan fingerprint density at radius 2 is 2.03 bits per heavy atom. The maximum absolute atomic E-state index is 13.0. The van der Waals surface area contributed by atoms with Crippen molar-refractivity contribution in [3.8, 4) is 11.5 Å². The number of ether oxygens (including phenoxy) is 3. The normalized spacial score (nSPS) is 14.8. The van der Waals surface area contributed by atoms with Crippen LogP contribution >= 0.6 is 39.3 Å². The zero-order valence-corrected chi connectivity index (χ0v) is 25.0. The second-order valence-electron chi connectivity index (χ2n) is 9.17. The zero-order valence-electron chi connectivity index (χ0n) is 21.9. The predicted octanol–water partition coefficient (Wildman–Crippen LogP) is 6.88. The minimum absolute atomic E-state index is 0.426. The highest BCUT2D eigenvalue weighted by atomic mass is 79.9. The molecule has 38 heavy (non-hydrogen) atoms. The number of carbonyl (C=O) groups is 1. The highest BCUT2D eigenvalue weighted by Gasteiger charge is 2.36. The van der Waals surface area contributed by atoms with Crippen LogP contribution < -0.4 is 14.8 Å². The highest BCUT2D eigenvalue weighted by molar-refractivity contribution is 9.10. The molecule has 2 aromatic carbocycles. The zero-order chi connectivity index (χ0) is 27.4. The van der Waals surface area contributed by atoms with E-state index in [1.54, 1.807) is 11.8 Å². The van der Waals surface area contributed by atoms with E-state index >= 15 is 0 Å². The molecule has 0 amide bonds. The fourth-order valence-corrected chi connectivity index (χ4v) is 5.76. The van der Waals surface area contributed by atoms with Gasteiger partial charge in [-0.3, -0.25) is 0 Å². The molecule has 2 heterocycles. The summed E-state index contributed by atoms with van der Waals surface area (Å²) < 4.78 is 19.3. The SMILES string of the molecule is COC(=O)C1=C(C)Nc2nc(SCc3ccccc3Cl)nn2C1c1cc(Br)c(OCCC(C)C)c(OC)c1. The largest absolute Gasteiger partial charge is 0.493 e. The summed E-state index contributed by atoms with van der Waals surface area (Å²) in [6.45, 7) is 6.68. The highest BCUT2D eigenvalue weighted by Crippen LogP contribution is 2.43. The quantitative estimate of drug-likeness (QED) is 0.194. The van der Waals surface area contributed by atoms with E-state index in [0.717, 1.165) is 17.5 Å². The van der Waals surface area contributed by atoms with Crippen LogP contribution in [0.5, 0.6) is 11.5 Å². The average Bonchev–Trinajstić information content (AvgIpc) is 3.29. The number of methoxy groups -OCH3 is 2. The Morgan fingerprint density at radius 1 is 1.26 bits per heavy atom. The molecule has 0 bridgehead atoms. The monoisotopic (exact) mass is 620 g/mol. The predicted molar refractivity (Wildman–Crippen MR) is 153 cm³/mol. The first-order chi connectivity index (χ1) is 18.2. The molecule has 0 aliphatic carbocycles. The van der Waals surface area contributed by atoms with E-state index in [9.17, 15) is 4.79 Å². The molecule has 1 atom stereocenters. The van der Waals surface area contributed by atoms with Crippen molar-refractivity contribution in [3.63, 3.8) is 0 Å². The standard InChI is InChI=1S/C27H30BrClN4O4S/c1-15(2)10-11-37-24-19(28)12-18(13-21(24)35-4)23-22(25(34)36-5)16(3)30-26-31-27(32-33(23)26)38-14-17-8-6-7-9-20(17)29/h6-9,12-13,15,23H,10-11,14H2,1-5H3,(H,30,31,32). The number of nitrogens with zero attached hydrogens (tertiary/aromatic N) is 3. The van der Waals surface area contributed by atoms with Crippen LogP contribution in [0, 0.1) is 5.92 Å². The Hall–Kier alpha value is -2.69. The van der Waals surface area contributed by atoms with Crippen LogP contribution in [0.1, 0.15) is 44.4 Å². The number of allylic oxidation sites excluding steroid dienone is 1. The van der Waals surface area contributed by atoms with Crippen molar-refractivity contribution in [2.24, 2.45) is 5.92 Å². The van der Waals surface area contributed by atoms with Crippen LogP contribution in [0.25, 0.3) is 0 Å². The number of thioether (sulfide) groups is 1. The minimum atomic E-state index is -0.601. The molecule has 1 aliphatic heterocycles. The summed E-state index contributed by atoms with van der Waals surface area (Å²) in [6, 6.07) is 10.9. The minimum Gasteiger partial charge on any atom is -0.493 e. The number of aromatic nitrogens is 3. The van der Waals surface area contributed by atoms with Crippen LogP contribution in [0.2, 0.25) is 5.02 Å². The van der Waals surface area contributed by atoms with Crippen molar-refractivity contribution < 1.29 is 19.0 Å². The van der Waals surface area contributed by atoms with E-state index in [4.69, 9.17) is 30.9 Å². The Labute approximate surface area is 240 Å². The van der Waals surface area contributed by atoms with Gasteiger partial charge in [-0.1, -0.05) is 55.4 Å². The third-order valence-corrected chi connectivity index (χ3v) is 7.91. The number of carbonyl (C=O) groups excluding carboxylic acids is 1. The van der Waals surface area contributed by atoms with Crippen LogP contribution in [0.15, 0.2) is 57.3 Å². The van der Waals surface area contributed by atoms with Crippen molar-refractivity contribution in [1.82, 2.24) is 14.8 Å². The van der Waals surface area contributed by atoms with Crippen molar-refractivity contribution in [2.45, 2.75) is 44.1 Å². The van der Waals surface area contributed by atoms with E-state index in [2.05, 4.69) is 40.1 Å². The summed E-state index contributed by atoms with van der Waals surface area (Å²) in [4.78, 5) is 17.7. The number of anilines is 1. The lowest BCUT2D eigenvalue weighted by atomic mass is 9.95. The van der Waals surface area contributed by atoms with Gasteiger partial charge in [0.2, 0.25) is 11.1 Å². The van der Waals surface area contributed by atoms with E-state index in [1.807, 2.05) is 43.3 Å². The number of halogens is 2. The number of nitrogens with one attached hydrogen (secondary N) is 1. The molecule has 0 spiro atoms. The smallest absolute Gasteiger partial charge is 0.338 e. The maximum Gasteiger partial charge on any atom is 0.338 e. The lowest BCUT2D eigenvalue weighted by Gasteiger charge is -2.28. The third kappa shape index (κ3) is 6.13. The number of hydrogen-bond donors (Lipinski definition) is 1. The molecule has 1 aromatic heterocycles. The lowest BCUT2D eigenvalue weighted by molar-refractivity contribution is -0.136. The molecule has 4 rings (SSSR count). The number of fused-ring (bicyclic) bond motifs is 1. The first-order valence-corrected chi connectivity index (χ1v) is 14.3. The molecular formula is C27H30BrClN4O4S. The van der Waals surface area contributed by atoms with Crippen LogP contribution in [-0.4, -0.2) is 41.6 Å². The molecule has 1 aliphatic rings. The molecule has 1 unspecified atom stereocenters. The molecule has 11 heteroatoms. The van der Waals surface area contributed by atoms with Gasteiger partial charge in [0, 0.05) is 16.5 Å². The van der Waals surface area contributed by atoms with Crippen molar-refractivity contribution >= 4 is 51.2 Å². The van der Waals surface area contributed by atoms with Crippen LogP contribution in [-0.2, 0) is 15.3 Å². The third-order valence-electron chi connectivity index (χ3n) is 6.06. The van der Waals surface area contributed by atoms with Gasteiger partial charge in [0.15, 0.2) is 11.5 Å². The Kier molecular flexibility index (Phi) is 9.27. The molecule has 0 saturated carbocycles. The Bertz CT molecular complexity index is 1360. The van der Waals surface area contributed by atoms with Crippen molar-refractivity contribution in [3.05, 3.63) is 68.3 Å². The summed E-state index contributed by atoms with van der Waals surface area (Å²) in [5.41, 5.74) is 2.81. The van der Waals surface area contributed by atoms with Gasteiger partial charge in [0.25, 0.3) is 0 Å². The number of hydrogen-bond acceptors (Lipinski definition) is 8. The fourth-order valence-electron chi connectivity index (χ4n) is 4.07. The molecule has 3 aromatic rings. The van der Waals surface area contributed by atoms with Gasteiger partial charge in [-0.15, -0.1) is 5.10 Å². The molecular weight excluding hydrogens is 592 g/mol. The number of benzene rings is 2. The summed E-state index contributed by atoms with van der Waals surface area (Å²) >= 11 is 11.4.